The van der Waals surface area contributed by atoms with Crippen LogP contribution in [-0.2, 0) is 0 Å². The van der Waals surface area contributed by atoms with Gasteiger partial charge in [0.05, 0.1) is 6.20 Å². The van der Waals surface area contributed by atoms with Crippen molar-refractivity contribution in [1.29, 1.82) is 0 Å². The number of hydrogen-bond acceptors (Lipinski definition) is 4. The second-order valence-corrected chi connectivity index (χ2v) is 3.65. The minimum absolute atomic E-state index is 0.199. The van der Waals surface area contributed by atoms with Gasteiger partial charge in [-0.3, -0.25) is 0 Å². The van der Waals surface area contributed by atoms with E-state index >= 15 is 0 Å². The molecule has 0 amide bonds. The van der Waals surface area contributed by atoms with Gasteiger partial charge in [0.15, 0.2) is 5.82 Å². The number of carboxylic acid groups (broad SMARTS) is 1. The zero-order valence-electron chi connectivity index (χ0n) is 9.84. The van der Waals surface area contributed by atoms with E-state index in [4.69, 9.17) is 5.11 Å². The molecule has 88 valence electrons. The maximum absolute atomic E-state index is 11.0. The van der Waals surface area contributed by atoms with E-state index in [2.05, 4.69) is 24.0 Å². The first-order valence-electron chi connectivity index (χ1n) is 5.39. The molecule has 0 radical (unpaired) electrons. The molecule has 0 saturated heterocycles. The van der Waals surface area contributed by atoms with E-state index in [1.807, 2.05) is 11.9 Å². The summed E-state index contributed by atoms with van der Waals surface area (Å²) in [6.07, 6.45) is 3.29. The highest BCUT2D eigenvalue weighted by Gasteiger charge is 2.19. The third kappa shape index (κ3) is 2.48. The molecule has 1 heterocycles. The second kappa shape index (κ2) is 5.44. The summed E-state index contributed by atoms with van der Waals surface area (Å²) in [6, 6.07) is 1.76. The largest absolute Gasteiger partial charge is 0.478 e. The van der Waals surface area contributed by atoms with Gasteiger partial charge in [-0.05, 0) is 18.9 Å². The lowest BCUT2D eigenvalue weighted by molar-refractivity contribution is 0.0697. The number of carbonyl (C=O) groups is 1. The van der Waals surface area contributed by atoms with Crippen molar-refractivity contribution in [3.63, 3.8) is 0 Å². The SMILES string of the molecule is CCC(CC)N(C)c1nnccc1C(=O)O. The van der Waals surface area contributed by atoms with Gasteiger partial charge in [-0.25, -0.2) is 4.79 Å². The van der Waals surface area contributed by atoms with Crippen molar-refractivity contribution in [3.8, 4) is 0 Å². The van der Waals surface area contributed by atoms with Gasteiger partial charge >= 0.3 is 5.97 Å². The van der Waals surface area contributed by atoms with E-state index in [1.165, 1.54) is 12.3 Å². The van der Waals surface area contributed by atoms with Crippen molar-refractivity contribution in [3.05, 3.63) is 17.8 Å². The van der Waals surface area contributed by atoms with E-state index < -0.39 is 5.97 Å². The molecule has 0 unspecified atom stereocenters. The van der Waals surface area contributed by atoms with Crippen LogP contribution in [0.15, 0.2) is 12.3 Å². The summed E-state index contributed by atoms with van der Waals surface area (Å²) >= 11 is 0. The minimum atomic E-state index is -0.970. The average Bonchev–Trinajstić information content (AvgIpc) is 2.30. The molecule has 0 atom stereocenters. The first kappa shape index (κ1) is 12.4. The van der Waals surface area contributed by atoms with E-state index in [0.717, 1.165) is 12.8 Å². The minimum Gasteiger partial charge on any atom is -0.478 e. The van der Waals surface area contributed by atoms with Gasteiger partial charge in [0, 0.05) is 13.1 Å². The predicted molar refractivity (Wildman–Crippen MR) is 61.8 cm³/mol. The smallest absolute Gasteiger partial charge is 0.339 e. The topological polar surface area (TPSA) is 66.3 Å². The van der Waals surface area contributed by atoms with Crippen molar-refractivity contribution >= 4 is 11.8 Å². The van der Waals surface area contributed by atoms with Gasteiger partial charge in [0.1, 0.15) is 5.56 Å². The molecule has 1 aromatic heterocycles. The number of anilines is 1. The molecule has 0 fully saturated rings. The fourth-order valence-corrected chi connectivity index (χ4v) is 1.76. The summed E-state index contributed by atoms with van der Waals surface area (Å²) in [5, 5.41) is 16.7. The van der Waals surface area contributed by atoms with E-state index in [9.17, 15) is 4.79 Å². The standard InChI is InChI=1S/C11H17N3O2/c1-4-8(5-2)14(3)10-9(11(15)16)6-7-12-13-10/h6-8H,4-5H2,1-3H3,(H,15,16). The molecule has 1 rings (SSSR count). The van der Waals surface area contributed by atoms with E-state index in [1.54, 1.807) is 0 Å². The Morgan fingerprint density at radius 1 is 1.50 bits per heavy atom. The number of carboxylic acids is 1. The highest BCUT2D eigenvalue weighted by Crippen LogP contribution is 2.19. The fraction of sp³-hybridized carbons (Fsp3) is 0.545. The van der Waals surface area contributed by atoms with Gasteiger partial charge in [0.2, 0.25) is 0 Å². The zero-order valence-corrected chi connectivity index (χ0v) is 9.84. The first-order chi connectivity index (χ1) is 7.61. The zero-order chi connectivity index (χ0) is 12.1. The maximum atomic E-state index is 11.0. The van der Waals surface area contributed by atoms with Crippen LogP contribution < -0.4 is 4.90 Å². The molecule has 0 aliphatic carbocycles. The highest BCUT2D eigenvalue weighted by atomic mass is 16.4. The quantitative estimate of drug-likeness (QED) is 0.824. The summed E-state index contributed by atoms with van der Waals surface area (Å²) in [6.45, 7) is 4.14. The van der Waals surface area contributed by atoms with Crippen molar-refractivity contribution in [2.75, 3.05) is 11.9 Å². The summed E-state index contributed by atoms with van der Waals surface area (Å²) in [4.78, 5) is 12.9. The van der Waals surface area contributed by atoms with E-state index in [-0.39, 0.29) is 11.6 Å². The van der Waals surface area contributed by atoms with Crippen molar-refractivity contribution in [2.45, 2.75) is 32.7 Å². The maximum Gasteiger partial charge on any atom is 0.339 e. The number of nitrogens with zero attached hydrogens (tertiary/aromatic N) is 3. The van der Waals surface area contributed by atoms with Crippen LogP contribution in [0.1, 0.15) is 37.0 Å². The average molecular weight is 223 g/mol. The Morgan fingerprint density at radius 3 is 2.62 bits per heavy atom. The van der Waals surface area contributed by atoms with Gasteiger partial charge < -0.3 is 10.0 Å². The Balaban J connectivity index is 3.07. The van der Waals surface area contributed by atoms with Crippen LogP contribution in [-0.4, -0.2) is 34.4 Å². The van der Waals surface area contributed by atoms with Crippen LogP contribution in [0, 0.1) is 0 Å². The van der Waals surface area contributed by atoms with Gasteiger partial charge in [-0.1, -0.05) is 13.8 Å². The van der Waals surface area contributed by atoms with Crippen LogP contribution in [0.25, 0.3) is 0 Å². The normalized spacial score (nSPS) is 10.5. The number of rotatable bonds is 5. The third-order valence-corrected chi connectivity index (χ3v) is 2.76. The molecule has 0 spiro atoms. The molecule has 0 saturated carbocycles. The monoisotopic (exact) mass is 223 g/mol. The molecule has 0 aromatic carbocycles. The number of aromatic carboxylic acids is 1. The molecule has 16 heavy (non-hydrogen) atoms. The molecule has 5 nitrogen and oxygen atoms in total. The molecule has 1 aromatic rings. The van der Waals surface area contributed by atoms with Crippen molar-refractivity contribution in [2.24, 2.45) is 0 Å². The van der Waals surface area contributed by atoms with Crippen molar-refractivity contribution in [1.82, 2.24) is 10.2 Å². The Morgan fingerprint density at radius 2 is 2.12 bits per heavy atom. The molecule has 0 bridgehead atoms. The summed E-state index contributed by atoms with van der Waals surface area (Å²) in [5.41, 5.74) is 0.199. The van der Waals surface area contributed by atoms with Crippen molar-refractivity contribution < 1.29 is 9.90 Å². The van der Waals surface area contributed by atoms with Crippen LogP contribution in [0.4, 0.5) is 5.82 Å². The highest BCUT2D eigenvalue weighted by molar-refractivity contribution is 5.93. The predicted octanol–water partition coefficient (Wildman–Crippen LogP) is 1.80. The Hall–Kier alpha value is -1.65. The first-order valence-corrected chi connectivity index (χ1v) is 5.39. The Labute approximate surface area is 95.1 Å². The molecular weight excluding hydrogens is 206 g/mol. The van der Waals surface area contributed by atoms with E-state index in [0.29, 0.717) is 5.82 Å². The summed E-state index contributed by atoms with van der Waals surface area (Å²) in [5.74, 6) is -0.536. The summed E-state index contributed by atoms with van der Waals surface area (Å²) in [7, 11) is 1.86. The second-order valence-electron chi connectivity index (χ2n) is 3.65. The van der Waals surface area contributed by atoms with Gasteiger partial charge in [-0.15, -0.1) is 5.10 Å². The molecule has 1 N–H and O–H groups in total. The Bertz CT molecular complexity index is 364. The van der Waals surface area contributed by atoms with Gasteiger partial charge in [-0.2, -0.15) is 5.10 Å². The number of hydrogen-bond donors (Lipinski definition) is 1. The van der Waals surface area contributed by atoms with Gasteiger partial charge in [0.25, 0.3) is 0 Å². The van der Waals surface area contributed by atoms with Crippen LogP contribution in [0.3, 0.4) is 0 Å². The number of aromatic nitrogens is 2. The Kier molecular flexibility index (Phi) is 4.22. The fourth-order valence-electron chi connectivity index (χ4n) is 1.76. The lowest BCUT2D eigenvalue weighted by atomic mass is 10.1. The molecule has 5 heteroatoms. The lowest BCUT2D eigenvalue weighted by Crippen LogP contribution is -2.32. The van der Waals surface area contributed by atoms with Crippen LogP contribution >= 0.6 is 0 Å². The molecular formula is C11H17N3O2. The van der Waals surface area contributed by atoms with Crippen LogP contribution in [0.5, 0.6) is 0 Å². The lowest BCUT2D eigenvalue weighted by Gasteiger charge is -2.27. The molecule has 0 aliphatic heterocycles. The summed E-state index contributed by atoms with van der Waals surface area (Å²) < 4.78 is 0. The van der Waals surface area contributed by atoms with Crippen LogP contribution in [0.2, 0.25) is 0 Å². The molecule has 0 aliphatic rings. The third-order valence-electron chi connectivity index (χ3n) is 2.76.